The van der Waals surface area contributed by atoms with Gasteiger partial charge in [0.05, 0.1) is 17.1 Å². The molecule has 8 nitrogen and oxygen atoms in total. The Morgan fingerprint density at radius 3 is 2.39 bits per heavy atom. The molecule has 2 aromatic heterocycles. The molecule has 0 aliphatic heterocycles. The number of rotatable bonds is 7. The second kappa shape index (κ2) is 9.65. The van der Waals surface area contributed by atoms with Gasteiger partial charge in [0.2, 0.25) is 0 Å². The third-order valence-corrected chi connectivity index (χ3v) is 5.21. The number of hydrogen-bond acceptors (Lipinski definition) is 5. The van der Waals surface area contributed by atoms with Crippen LogP contribution in [0.15, 0.2) is 11.6 Å². The second-order valence-corrected chi connectivity index (χ2v) is 8.21. The Morgan fingerprint density at radius 1 is 1.23 bits per heavy atom. The Bertz CT molecular complexity index is 1070. The molecule has 1 amide bonds. The molecule has 0 aromatic carbocycles. The third-order valence-electron chi connectivity index (χ3n) is 5.21. The van der Waals surface area contributed by atoms with E-state index in [1.807, 2.05) is 32.9 Å². The Labute approximate surface area is 183 Å². The van der Waals surface area contributed by atoms with Crippen LogP contribution in [0, 0.1) is 44.9 Å². The van der Waals surface area contributed by atoms with E-state index in [0.29, 0.717) is 17.3 Å². The van der Waals surface area contributed by atoms with Gasteiger partial charge in [-0.2, -0.15) is 10.4 Å². The molecule has 31 heavy (non-hydrogen) atoms. The zero-order valence-corrected chi connectivity index (χ0v) is 19.5. The van der Waals surface area contributed by atoms with Gasteiger partial charge >= 0.3 is 5.97 Å². The van der Waals surface area contributed by atoms with Crippen molar-refractivity contribution in [2.75, 3.05) is 5.32 Å². The van der Waals surface area contributed by atoms with Crippen LogP contribution in [0.1, 0.15) is 49.1 Å². The largest absolute Gasteiger partial charge is 0.448 e. The number of esters is 1. The van der Waals surface area contributed by atoms with Gasteiger partial charge in [0.25, 0.3) is 5.91 Å². The van der Waals surface area contributed by atoms with E-state index in [9.17, 15) is 14.9 Å². The number of anilines is 1. The van der Waals surface area contributed by atoms with E-state index in [2.05, 4.69) is 28.8 Å². The van der Waals surface area contributed by atoms with Crippen molar-refractivity contribution in [3.63, 3.8) is 0 Å². The zero-order chi connectivity index (χ0) is 23.5. The summed E-state index contributed by atoms with van der Waals surface area (Å²) in [5, 5.41) is 16.5. The van der Waals surface area contributed by atoms with Gasteiger partial charge in [0, 0.05) is 25.0 Å². The van der Waals surface area contributed by atoms with Crippen LogP contribution in [0.5, 0.6) is 0 Å². The van der Waals surface area contributed by atoms with Gasteiger partial charge in [-0.25, -0.2) is 4.79 Å². The van der Waals surface area contributed by atoms with Gasteiger partial charge in [-0.05, 0) is 58.2 Å². The van der Waals surface area contributed by atoms with Crippen molar-refractivity contribution in [1.82, 2.24) is 14.3 Å². The first-order chi connectivity index (χ1) is 14.5. The molecular formula is C23H31N5O3. The first kappa shape index (κ1) is 23.9. The normalized spacial score (nSPS) is 12.6. The summed E-state index contributed by atoms with van der Waals surface area (Å²) >= 11 is 0. The fourth-order valence-electron chi connectivity index (χ4n) is 3.37. The molecular weight excluding hydrogens is 394 g/mol. The highest BCUT2D eigenvalue weighted by atomic mass is 16.5. The van der Waals surface area contributed by atoms with Crippen LogP contribution in [-0.2, 0) is 27.9 Å². The lowest BCUT2D eigenvalue weighted by Gasteiger charge is -2.13. The van der Waals surface area contributed by atoms with Crippen molar-refractivity contribution in [3.05, 3.63) is 40.0 Å². The summed E-state index contributed by atoms with van der Waals surface area (Å²) in [5.41, 5.74) is 4.70. The topological polar surface area (TPSA) is 102 Å². The number of carbonyl (C=O) groups is 2. The van der Waals surface area contributed by atoms with E-state index in [1.54, 1.807) is 18.7 Å². The Morgan fingerprint density at radius 2 is 1.87 bits per heavy atom. The lowest BCUT2D eigenvalue weighted by Crippen LogP contribution is -2.30. The number of carbonyl (C=O) groups excluding carboxylic acids is 2. The zero-order valence-electron chi connectivity index (χ0n) is 19.5. The maximum atomic E-state index is 12.5. The van der Waals surface area contributed by atoms with E-state index in [-0.39, 0.29) is 5.57 Å². The van der Waals surface area contributed by atoms with E-state index < -0.39 is 18.0 Å². The minimum atomic E-state index is -1.07. The van der Waals surface area contributed by atoms with Gasteiger partial charge in [0.15, 0.2) is 6.10 Å². The quantitative estimate of drug-likeness (QED) is 0.415. The smallest absolute Gasteiger partial charge is 0.349 e. The number of nitrogens with one attached hydrogen (secondary N) is 1. The first-order valence-electron chi connectivity index (χ1n) is 10.3. The van der Waals surface area contributed by atoms with Crippen LogP contribution in [0.25, 0.3) is 6.08 Å². The highest BCUT2D eigenvalue weighted by Crippen LogP contribution is 2.21. The van der Waals surface area contributed by atoms with Crippen LogP contribution in [0.3, 0.4) is 0 Å². The second-order valence-electron chi connectivity index (χ2n) is 8.21. The SMILES string of the molecule is Cc1nn(C)c(C)c1NC(=O)[C@@H](C)OC(=O)/C(C#N)=C/c1cc(C)n(CC(C)C)c1C. The molecule has 8 heteroatoms. The van der Waals surface area contributed by atoms with Crippen LogP contribution < -0.4 is 5.32 Å². The first-order valence-corrected chi connectivity index (χ1v) is 10.3. The molecule has 0 aliphatic carbocycles. The predicted octanol–water partition coefficient (Wildman–Crippen LogP) is 3.59. The number of aromatic nitrogens is 3. The average Bonchev–Trinajstić information content (AvgIpc) is 3.08. The molecule has 1 N–H and O–H groups in total. The fourth-order valence-corrected chi connectivity index (χ4v) is 3.37. The molecule has 0 bridgehead atoms. The molecule has 2 rings (SSSR count). The van der Waals surface area contributed by atoms with Crippen molar-refractivity contribution in [1.29, 1.82) is 5.26 Å². The summed E-state index contributed by atoms with van der Waals surface area (Å²) in [6.07, 6.45) is 0.443. The van der Waals surface area contributed by atoms with Crippen molar-refractivity contribution in [3.8, 4) is 6.07 Å². The van der Waals surface area contributed by atoms with Gasteiger partial charge in [-0.1, -0.05) is 13.8 Å². The van der Waals surface area contributed by atoms with Crippen LogP contribution in [0.2, 0.25) is 0 Å². The summed E-state index contributed by atoms with van der Waals surface area (Å²) in [4.78, 5) is 25.1. The van der Waals surface area contributed by atoms with Crippen LogP contribution in [0.4, 0.5) is 5.69 Å². The highest BCUT2D eigenvalue weighted by molar-refractivity contribution is 6.01. The summed E-state index contributed by atoms with van der Waals surface area (Å²) in [6.45, 7) is 14.1. The Kier molecular flexibility index (Phi) is 7.45. The molecule has 0 saturated heterocycles. The lowest BCUT2D eigenvalue weighted by atomic mass is 10.1. The molecule has 0 fully saturated rings. The highest BCUT2D eigenvalue weighted by Gasteiger charge is 2.23. The number of nitriles is 1. The summed E-state index contributed by atoms with van der Waals surface area (Å²) < 4.78 is 9.08. The van der Waals surface area contributed by atoms with Gasteiger partial charge in [0.1, 0.15) is 11.6 Å². The lowest BCUT2D eigenvalue weighted by molar-refractivity contribution is -0.148. The summed E-state index contributed by atoms with van der Waals surface area (Å²) in [5.74, 6) is -0.855. The monoisotopic (exact) mass is 425 g/mol. The molecule has 0 saturated carbocycles. The standard InChI is InChI=1S/C23H31N5O3/c1-13(2)12-28-14(3)9-19(16(28)5)10-20(11-24)23(30)31-18(7)22(29)25-21-15(4)26-27(8)17(21)6/h9-10,13,18H,12H2,1-8H3,(H,25,29)/b20-10+/t18-/m1/s1. The minimum Gasteiger partial charge on any atom is -0.448 e. The van der Waals surface area contributed by atoms with Gasteiger partial charge < -0.3 is 14.6 Å². The maximum absolute atomic E-state index is 12.5. The molecule has 166 valence electrons. The molecule has 2 heterocycles. The number of hydrogen-bond donors (Lipinski definition) is 1. The number of amides is 1. The van der Waals surface area contributed by atoms with Crippen molar-refractivity contribution in [2.45, 2.75) is 61.1 Å². The maximum Gasteiger partial charge on any atom is 0.349 e. The minimum absolute atomic E-state index is 0.154. The van der Waals surface area contributed by atoms with E-state index in [4.69, 9.17) is 4.74 Å². The molecule has 2 aromatic rings. The molecule has 0 unspecified atom stereocenters. The predicted molar refractivity (Wildman–Crippen MR) is 119 cm³/mol. The van der Waals surface area contributed by atoms with Crippen LogP contribution >= 0.6 is 0 Å². The molecule has 0 aliphatic rings. The average molecular weight is 426 g/mol. The summed E-state index contributed by atoms with van der Waals surface area (Å²) in [7, 11) is 1.78. The van der Waals surface area contributed by atoms with Crippen molar-refractivity contribution in [2.24, 2.45) is 13.0 Å². The summed E-state index contributed by atoms with van der Waals surface area (Å²) in [6, 6.07) is 3.83. The van der Waals surface area contributed by atoms with Crippen molar-refractivity contribution >= 4 is 23.6 Å². The third kappa shape index (κ3) is 5.43. The molecule has 1 atom stereocenters. The Hall–Kier alpha value is -3.34. The van der Waals surface area contributed by atoms with E-state index in [1.165, 1.54) is 13.0 Å². The van der Waals surface area contributed by atoms with Crippen molar-refractivity contribution < 1.29 is 14.3 Å². The van der Waals surface area contributed by atoms with Crippen LogP contribution in [-0.4, -0.2) is 32.3 Å². The molecule has 0 spiro atoms. The van der Waals surface area contributed by atoms with E-state index in [0.717, 1.165) is 29.2 Å². The van der Waals surface area contributed by atoms with E-state index >= 15 is 0 Å². The number of nitrogens with zero attached hydrogens (tertiary/aromatic N) is 4. The number of aryl methyl sites for hydroxylation is 3. The molecule has 0 radical (unpaired) electrons. The van der Waals surface area contributed by atoms with Gasteiger partial charge in [-0.15, -0.1) is 0 Å². The van der Waals surface area contributed by atoms with Gasteiger partial charge in [-0.3, -0.25) is 9.48 Å². The fraction of sp³-hybridized carbons (Fsp3) is 0.478. The Balaban J connectivity index is 2.16. The number of ether oxygens (including phenoxy) is 1.